The van der Waals surface area contributed by atoms with Crippen LogP contribution in [0.25, 0.3) is 16.6 Å². The molecular formula is C24H22F3N3O3. The van der Waals surface area contributed by atoms with Crippen molar-refractivity contribution >= 4 is 11.3 Å². The molecule has 33 heavy (non-hydrogen) atoms. The number of aromatic nitrogens is 2. The Kier molecular flexibility index (Phi) is 5.78. The number of carbonyl (C=O) groups is 1. The Balaban J connectivity index is 1.80. The number of rotatable bonds is 8. The molecule has 0 N–H and O–H groups in total. The molecule has 0 spiro atoms. The Morgan fingerprint density at radius 3 is 2.64 bits per heavy atom. The summed E-state index contributed by atoms with van der Waals surface area (Å²) in [4.78, 5) is 12.8. The number of nitrogens with zero attached hydrogens (tertiary/aromatic N) is 3. The zero-order valence-electron chi connectivity index (χ0n) is 18.3. The molecule has 2 atom stereocenters. The maximum absolute atomic E-state index is 13.3. The van der Waals surface area contributed by atoms with Gasteiger partial charge in [-0.25, -0.2) is 8.91 Å². The highest BCUT2D eigenvalue weighted by molar-refractivity contribution is 6.03. The second-order valence-electron chi connectivity index (χ2n) is 8.61. The van der Waals surface area contributed by atoms with Crippen LogP contribution in [-0.2, 0) is 5.41 Å². The van der Waals surface area contributed by atoms with Gasteiger partial charge in [0.05, 0.1) is 30.3 Å². The molecule has 1 aromatic carbocycles. The quantitative estimate of drug-likeness (QED) is 0.427. The van der Waals surface area contributed by atoms with Gasteiger partial charge in [0, 0.05) is 24.1 Å². The van der Waals surface area contributed by atoms with Crippen LogP contribution in [0, 0.1) is 17.2 Å². The fraction of sp³-hybridized carbons (Fsp3) is 0.375. The second-order valence-corrected chi connectivity index (χ2v) is 8.61. The third kappa shape index (κ3) is 4.38. The first-order chi connectivity index (χ1) is 15.6. The van der Waals surface area contributed by atoms with Crippen molar-refractivity contribution in [3.8, 4) is 28.7 Å². The van der Waals surface area contributed by atoms with Gasteiger partial charge in [-0.15, -0.1) is 0 Å². The van der Waals surface area contributed by atoms with E-state index < -0.39 is 29.9 Å². The predicted molar refractivity (Wildman–Crippen MR) is 114 cm³/mol. The monoisotopic (exact) mass is 457 g/mol. The number of nitriles is 1. The minimum Gasteiger partial charge on any atom is -0.496 e. The highest BCUT2D eigenvalue weighted by atomic mass is 19.3. The van der Waals surface area contributed by atoms with Crippen LogP contribution in [0.15, 0.2) is 36.7 Å². The van der Waals surface area contributed by atoms with Crippen molar-refractivity contribution in [2.45, 2.75) is 44.9 Å². The molecule has 0 saturated heterocycles. The average molecular weight is 457 g/mol. The Morgan fingerprint density at radius 1 is 1.33 bits per heavy atom. The number of carbonyl (C=O) groups excluding carboxylic acids is 1. The lowest BCUT2D eigenvalue weighted by atomic mass is 9.87. The van der Waals surface area contributed by atoms with Gasteiger partial charge < -0.3 is 9.47 Å². The molecule has 9 heteroatoms. The summed E-state index contributed by atoms with van der Waals surface area (Å²) in [6.45, 7) is 0.422. The molecule has 0 bridgehead atoms. The standard InChI is InChI=1S/C24H22F3N3O3/c1-24(2,12-28)15-4-5-18-16(10-29-30(18)11-15)13-8-20(32-3)22(21(9-13)33-23(26)27)19(31)7-14-6-17(14)25/h4-5,8-11,14,17,23H,6-7H2,1-3H3/t14-,17+/m0/s1. The molecule has 0 radical (unpaired) electrons. The largest absolute Gasteiger partial charge is 0.496 e. The molecule has 0 aliphatic heterocycles. The van der Waals surface area contributed by atoms with Gasteiger partial charge in [-0.3, -0.25) is 4.79 Å². The fourth-order valence-electron chi connectivity index (χ4n) is 3.77. The average Bonchev–Trinajstić information content (AvgIpc) is 3.30. The van der Waals surface area contributed by atoms with Crippen molar-refractivity contribution in [2.75, 3.05) is 7.11 Å². The lowest BCUT2D eigenvalue weighted by Gasteiger charge is -2.16. The number of fused-ring (bicyclic) bond motifs is 1. The van der Waals surface area contributed by atoms with Crippen molar-refractivity contribution < 1.29 is 27.4 Å². The maximum atomic E-state index is 13.3. The van der Waals surface area contributed by atoms with Crippen molar-refractivity contribution in [1.82, 2.24) is 9.61 Å². The second kappa shape index (κ2) is 8.43. The van der Waals surface area contributed by atoms with E-state index in [-0.39, 0.29) is 29.9 Å². The Hall–Kier alpha value is -3.54. The first-order valence-corrected chi connectivity index (χ1v) is 10.4. The molecule has 172 valence electrons. The van der Waals surface area contributed by atoms with Crippen molar-refractivity contribution in [1.29, 1.82) is 5.26 Å². The van der Waals surface area contributed by atoms with Crippen LogP contribution in [0.4, 0.5) is 13.2 Å². The number of hydrogen-bond acceptors (Lipinski definition) is 5. The summed E-state index contributed by atoms with van der Waals surface area (Å²) in [5, 5.41) is 13.7. The summed E-state index contributed by atoms with van der Waals surface area (Å²) in [7, 11) is 1.32. The number of benzene rings is 1. The fourth-order valence-corrected chi connectivity index (χ4v) is 3.77. The van der Waals surface area contributed by atoms with E-state index >= 15 is 0 Å². The molecule has 3 aromatic rings. The number of ketones is 1. The number of Topliss-reactive ketones (excluding diaryl/α,β-unsaturated/α-hetero) is 1. The Labute approximate surface area is 188 Å². The van der Waals surface area contributed by atoms with Gasteiger partial charge in [0.25, 0.3) is 0 Å². The number of pyridine rings is 1. The van der Waals surface area contributed by atoms with E-state index in [1.54, 1.807) is 49.0 Å². The zero-order chi connectivity index (χ0) is 23.9. The molecule has 2 heterocycles. The van der Waals surface area contributed by atoms with Crippen LogP contribution in [0.2, 0.25) is 0 Å². The molecule has 1 fully saturated rings. The van der Waals surface area contributed by atoms with Gasteiger partial charge in [0.15, 0.2) is 5.78 Å². The first-order valence-electron chi connectivity index (χ1n) is 10.4. The van der Waals surface area contributed by atoms with Crippen LogP contribution in [0.5, 0.6) is 11.5 Å². The van der Waals surface area contributed by atoms with E-state index in [9.17, 15) is 23.2 Å². The van der Waals surface area contributed by atoms with Crippen LogP contribution >= 0.6 is 0 Å². The molecule has 0 amide bonds. The van der Waals surface area contributed by atoms with E-state index in [1.807, 2.05) is 0 Å². The van der Waals surface area contributed by atoms with Crippen molar-refractivity contribution in [3.05, 3.63) is 47.8 Å². The molecule has 1 saturated carbocycles. The highest BCUT2D eigenvalue weighted by Crippen LogP contribution is 2.42. The SMILES string of the molecule is COc1cc(-c2cnn3cc(C(C)(C)C#N)ccc23)cc(OC(F)F)c1C(=O)C[C@@H]1C[C@H]1F. The summed E-state index contributed by atoms with van der Waals surface area (Å²) in [6.07, 6.45) is 2.41. The van der Waals surface area contributed by atoms with Gasteiger partial charge in [0.1, 0.15) is 23.2 Å². The molecule has 6 nitrogen and oxygen atoms in total. The van der Waals surface area contributed by atoms with Crippen LogP contribution < -0.4 is 9.47 Å². The smallest absolute Gasteiger partial charge is 0.387 e. The molecule has 1 aliphatic carbocycles. The molecule has 4 rings (SSSR count). The maximum Gasteiger partial charge on any atom is 0.387 e. The lowest BCUT2D eigenvalue weighted by Crippen LogP contribution is -2.14. The number of alkyl halides is 3. The number of ether oxygens (including phenoxy) is 2. The van der Waals surface area contributed by atoms with Crippen LogP contribution in [0.3, 0.4) is 0 Å². The summed E-state index contributed by atoms with van der Waals surface area (Å²) in [5.41, 5.74) is 1.63. The summed E-state index contributed by atoms with van der Waals surface area (Å²) in [6, 6.07) is 8.71. The van der Waals surface area contributed by atoms with Gasteiger partial charge in [-0.2, -0.15) is 19.1 Å². The van der Waals surface area contributed by atoms with Crippen LogP contribution in [-0.4, -0.2) is 35.3 Å². The van der Waals surface area contributed by atoms with Gasteiger partial charge in [-0.1, -0.05) is 6.07 Å². The van der Waals surface area contributed by atoms with Gasteiger partial charge in [0.2, 0.25) is 0 Å². The first kappa shape index (κ1) is 22.6. The number of hydrogen-bond donors (Lipinski definition) is 0. The molecule has 1 aliphatic rings. The lowest BCUT2D eigenvalue weighted by molar-refractivity contribution is -0.0502. The van der Waals surface area contributed by atoms with Crippen molar-refractivity contribution in [3.63, 3.8) is 0 Å². The summed E-state index contributed by atoms with van der Waals surface area (Å²) in [5.74, 6) is -1.19. The minimum absolute atomic E-state index is 0.0609. The minimum atomic E-state index is -3.16. The summed E-state index contributed by atoms with van der Waals surface area (Å²) >= 11 is 0. The highest BCUT2D eigenvalue weighted by Gasteiger charge is 2.40. The van der Waals surface area contributed by atoms with E-state index in [0.717, 1.165) is 5.56 Å². The Bertz CT molecular complexity index is 1260. The Morgan fingerprint density at radius 2 is 2.03 bits per heavy atom. The van der Waals surface area contributed by atoms with Gasteiger partial charge >= 0.3 is 6.61 Å². The van der Waals surface area contributed by atoms with E-state index in [1.165, 1.54) is 13.2 Å². The topological polar surface area (TPSA) is 76.6 Å². The normalized spacial score (nSPS) is 17.8. The zero-order valence-corrected chi connectivity index (χ0v) is 18.3. The number of halogens is 3. The van der Waals surface area contributed by atoms with Crippen LogP contribution in [0.1, 0.15) is 42.6 Å². The molecule has 0 unspecified atom stereocenters. The number of methoxy groups -OCH3 is 1. The van der Waals surface area contributed by atoms with E-state index in [0.29, 0.717) is 16.6 Å². The third-order valence-electron chi connectivity index (χ3n) is 5.89. The molecular weight excluding hydrogens is 435 g/mol. The van der Waals surface area contributed by atoms with Crippen molar-refractivity contribution in [2.24, 2.45) is 5.92 Å². The van der Waals surface area contributed by atoms with E-state index in [2.05, 4.69) is 15.9 Å². The van der Waals surface area contributed by atoms with Gasteiger partial charge in [-0.05, 0) is 49.6 Å². The predicted octanol–water partition coefficient (Wildman–Crippen LogP) is 5.34. The van der Waals surface area contributed by atoms with E-state index in [4.69, 9.17) is 4.74 Å². The molecule has 2 aromatic heterocycles. The third-order valence-corrected chi connectivity index (χ3v) is 5.89. The summed E-state index contributed by atoms with van der Waals surface area (Å²) < 4.78 is 51.3.